The second-order valence-corrected chi connectivity index (χ2v) is 12.8. The first kappa shape index (κ1) is 30.7. The Kier molecular flexibility index (Phi) is 9.85. The van der Waals surface area contributed by atoms with Gasteiger partial charge in [-0.25, -0.2) is 13.4 Å². The van der Waals surface area contributed by atoms with Gasteiger partial charge in [-0.1, -0.05) is 30.8 Å². The van der Waals surface area contributed by atoms with Crippen molar-refractivity contribution >= 4 is 21.8 Å². The number of likely N-dealkylation sites (tertiary alicyclic amines) is 1. The van der Waals surface area contributed by atoms with Gasteiger partial charge in [0.05, 0.1) is 24.2 Å². The molecule has 0 unspecified atom stereocenters. The van der Waals surface area contributed by atoms with Gasteiger partial charge in [-0.15, -0.1) is 0 Å². The first-order chi connectivity index (χ1) is 19.5. The van der Waals surface area contributed by atoms with Gasteiger partial charge >= 0.3 is 11.8 Å². The number of rotatable bonds is 11. The minimum absolute atomic E-state index is 0.0970. The average Bonchev–Trinajstić information content (AvgIpc) is 3.65. The van der Waals surface area contributed by atoms with Gasteiger partial charge in [-0.2, -0.15) is 10.2 Å². The van der Waals surface area contributed by atoms with E-state index >= 15 is 0 Å². The molecule has 11 heteroatoms. The molecule has 2 fully saturated rings. The predicted molar refractivity (Wildman–Crippen MR) is 159 cm³/mol. The van der Waals surface area contributed by atoms with Crippen LogP contribution >= 0.6 is 0 Å². The Bertz CT molecular complexity index is 1370. The Morgan fingerprint density at radius 1 is 1.10 bits per heavy atom. The number of carbonyl (C=O) groups is 1. The minimum Gasteiger partial charge on any atom is -0.497 e. The first-order valence-corrected chi connectivity index (χ1v) is 15.3. The Hall–Kier alpha value is -3.25. The highest BCUT2D eigenvalue weighted by Crippen LogP contribution is 2.36. The lowest BCUT2D eigenvalue weighted by Crippen LogP contribution is -2.37. The lowest BCUT2D eigenvalue weighted by molar-refractivity contribution is -0.125. The Labute approximate surface area is 243 Å². The smallest absolute Gasteiger partial charge is 0.311 e. The number of benzene rings is 2. The summed E-state index contributed by atoms with van der Waals surface area (Å²) in [5.41, 5.74) is 3.53. The van der Waals surface area contributed by atoms with E-state index in [9.17, 15) is 13.2 Å². The number of amides is 1. The number of aliphatic imine (C=N–C) groups is 1. The fourth-order valence-corrected chi connectivity index (χ4v) is 7.36. The molecule has 41 heavy (non-hydrogen) atoms. The van der Waals surface area contributed by atoms with Gasteiger partial charge < -0.3 is 14.5 Å². The van der Waals surface area contributed by atoms with Crippen molar-refractivity contribution in [3.05, 3.63) is 70.9 Å². The molecule has 1 saturated carbocycles. The van der Waals surface area contributed by atoms with Crippen LogP contribution in [0.5, 0.6) is 5.75 Å². The highest BCUT2D eigenvalue weighted by Gasteiger charge is 2.40. The Balaban J connectivity index is 1.43. The molecule has 222 valence electrons. The van der Waals surface area contributed by atoms with Crippen LogP contribution < -0.4 is 10.6 Å². The summed E-state index contributed by atoms with van der Waals surface area (Å²) in [7, 11) is -0.696. The van der Waals surface area contributed by atoms with Crippen molar-refractivity contribution in [1.82, 2.24) is 14.1 Å². The standard InChI is InChI=1S/C30H41N5O5S/c1-21-16-27(39-5)17-22(2)28(21)41(37,38)35(26-12-13-26)18-23(3)32-29(40-31)30(36)33(4)19-24-8-10-25(11-9-24)20-34-14-6-7-15-34/h8-11,16-17,26H,3,6-7,12-15,18-20,31H2,1-2,4-5H3/b32-29-. The van der Waals surface area contributed by atoms with E-state index < -0.39 is 15.9 Å². The second-order valence-electron chi connectivity index (χ2n) is 10.9. The number of hydrogen-bond donors (Lipinski definition) is 1. The first-order valence-electron chi connectivity index (χ1n) is 13.9. The molecule has 0 spiro atoms. The third kappa shape index (κ3) is 7.53. The van der Waals surface area contributed by atoms with Gasteiger partial charge in [0.15, 0.2) is 0 Å². The third-order valence-electron chi connectivity index (χ3n) is 7.48. The quantitative estimate of drug-likeness (QED) is 0.244. The van der Waals surface area contributed by atoms with E-state index in [1.54, 1.807) is 40.1 Å². The molecule has 1 aliphatic heterocycles. The minimum atomic E-state index is -3.87. The summed E-state index contributed by atoms with van der Waals surface area (Å²) in [5, 5.41) is 0. The lowest BCUT2D eigenvalue weighted by Gasteiger charge is -2.24. The molecule has 1 amide bonds. The van der Waals surface area contributed by atoms with Crippen LogP contribution in [0, 0.1) is 13.8 Å². The fraction of sp³-hybridized carbons (Fsp3) is 0.467. The zero-order valence-corrected chi connectivity index (χ0v) is 25.2. The topological polar surface area (TPSA) is 118 Å². The summed E-state index contributed by atoms with van der Waals surface area (Å²) in [4.78, 5) is 26.3. The second kappa shape index (κ2) is 13.2. The summed E-state index contributed by atoms with van der Waals surface area (Å²) in [6, 6.07) is 11.4. The molecule has 1 aliphatic carbocycles. The van der Waals surface area contributed by atoms with Crippen molar-refractivity contribution in [1.29, 1.82) is 0 Å². The normalized spacial score (nSPS) is 16.2. The number of nitrogens with zero attached hydrogens (tertiary/aromatic N) is 4. The van der Waals surface area contributed by atoms with Crippen LogP contribution in [0.3, 0.4) is 0 Å². The number of methoxy groups -OCH3 is 1. The van der Waals surface area contributed by atoms with Crippen molar-refractivity contribution < 1.29 is 22.8 Å². The van der Waals surface area contributed by atoms with Gasteiger partial charge in [0.1, 0.15) is 5.75 Å². The molecule has 1 heterocycles. The zero-order valence-electron chi connectivity index (χ0n) is 24.4. The molecule has 0 bridgehead atoms. The molecule has 2 N–H and O–H groups in total. The van der Waals surface area contributed by atoms with Crippen molar-refractivity contribution in [3.63, 3.8) is 0 Å². The monoisotopic (exact) mass is 583 g/mol. The van der Waals surface area contributed by atoms with E-state index in [1.807, 2.05) is 12.1 Å². The zero-order chi connectivity index (χ0) is 29.7. The molecule has 0 radical (unpaired) electrons. The molecule has 2 aliphatic rings. The van der Waals surface area contributed by atoms with Crippen molar-refractivity contribution in [2.24, 2.45) is 10.9 Å². The van der Waals surface area contributed by atoms with Crippen molar-refractivity contribution in [2.45, 2.75) is 63.6 Å². The van der Waals surface area contributed by atoms with E-state index in [0.29, 0.717) is 23.4 Å². The van der Waals surface area contributed by atoms with Crippen LogP contribution in [0.4, 0.5) is 0 Å². The number of hydrogen-bond acceptors (Lipinski definition) is 8. The molecule has 0 atom stereocenters. The van der Waals surface area contributed by atoms with Crippen LogP contribution in [-0.4, -0.2) is 74.2 Å². The molecule has 10 nitrogen and oxygen atoms in total. The van der Waals surface area contributed by atoms with E-state index in [1.165, 1.54) is 27.6 Å². The maximum Gasteiger partial charge on any atom is 0.311 e. The molecule has 1 saturated heterocycles. The molecule has 2 aromatic rings. The van der Waals surface area contributed by atoms with Gasteiger partial charge in [0.25, 0.3) is 0 Å². The summed E-state index contributed by atoms with van der Waals surface area (Å²) in [6.45, 7) is 10.9. The van der Waals surface area contributed by atoms with Crippen LogP contribution in [-0.2, 0) is 32.7 Å². The van der Waals surface area contributed by atoms with E-state index in [0.717, 1.165) is 38.0 Å². The Morgan fingerprint density at radius 2 is 1.68 bits per heavy atom. The van der Waals surface area contributed by atoms with Crippen molar-refractivity contribution in [3.8, 4) is 5.75 Å². The van der Waals surface area contributed by atoms with Gasteiger partial charge in [0, 0.05) is 26.2 Å². The molecule has 4 rings (SSSR count). The van der Waals surface area contributed by atoms with Gasteiger partial charge in [-0.3, -0.25) is 9.69 Å². The largest absolute Gasteiger partial charge is 0.497 e. The maximum atomic E-state index is 13.8. The number of likely N-dealkylation sites (N-methyl/N-ethyl adjacent to an activating group) is 1. The van der Waals surface area contributed by atoms with Crippen LogP contribution in [0.2, 0.25) is 0 Å². The number of aryl methyl sites for hydroxylation is 2. The summed E-state index contributed by atoms with van der Waals surface area (Å²) in [5.74, 6) is 5.14. The fourth-order valence-electron chi connectivity index (χ4n) is 5.27. The molecular formula is C30H41N5O5S. The lowest BCUT2D eigenvalue weighted by atomic mass is 10.1. The van der Waals surface area contributed by atoms with Gasteiger partial charge in [0.2, 0.25) is 10.0 Å². The summed E-state index contributed by atoms with van der Waals surface area (Å²) >= 11 is 0. The van der Waals surface area contributed by atoms with Crippen LogP contribution in [0.15, 0.2) is 58.6 Å². The van der Waals surface area contributed by atoms with Crippen molar-refractivity contribution in [2.75, 3.05) is 33.8 Å². The van der Waals surface area contributed by atoms with Crippen LogP contribution in [0.25, 0.3) is 0 Å². The molecule has 0 aromatic heterocycles. The average molecular weight is 584 g/mol. The summed E-state index contributed by atoms with van der Waals surface area (Å²) in [6.07, 6.45) is 3.98. The number of carbonyl (C=O) groups excluding carboxylic acids is 1. The number of sulfonamides is 1. The SMILES string of the molecule is C=C(CN(C1CC1)S(=O)(=O)c1c(C)cc(OC)cc1C)/N=C(\ON)C(=O)N(C)Cc1ccc(CN2CCCC2)cc1. The molecule has 2 aromatic carbocycles. The number of ether oxygens (including phenoxy) is 1. The summed E-state index contributed by atoms with van der Waals surface area (Å²) < 4.78 is 34.2. The predicted octanol–water partition coefficient (Wildman–Crippen LogP) is 3.52. The maximum absolute atomic E-state index is 13.8. The Morgan fingerprint density at radius 3 is 2.22 bits per heavy atom. The molecular weight excluding hydrogens is 542 g/mol. The van der Waals surface area contributed by atoms with E-state index in [2.05, 4.69) is 28.6 Å². The van der Waals surface area contributed by atoms with E-state index in [-0.39, 0.29) is 29.1 Å². The highest BCUT2D eigenvalue weighted by atomic mass is 32.2. The third-order valence-corrected chi connectivity index (χ3v) is 9.68. The van der Waals surface area contributed by atoms with Crippen LogP contribution in [0.1, 0.15) is 47.9 Å². The number of nitrogens with two attached hydrogens (primary N) is 1. The van der Waals surface area contributed by atoms with E-state index in [4.69, 9.17) is 15.5 Å². The van der Waals surface area contributed by atoms with Gasteiger partial charge in [-0.05, 0) is 87.0 Å². The highest BCUT2D eigenvalue weighted by molar-refractivity contribution is 7.89.